The lowest BCUT2D eigenvalue weighted by Crippen LogP contribution is -2.34. The summed E-state index contributed by atoms with van der Waals surface area (Å²) in [5, 5.41) is 29.1. The fraction of sp³-hybridized carbons (Fsp3) is 0.450. The minimum atomic E-state index is -1.39. The van der Waals surface area contributed by atoms with Crippen molar-refractivity contribution in [3.8, 4) is 0 Å². The van der Waals surface area contributed by atoms with E-state index in [0.717, 1.165) is 5.52 Å². The highest BCUT2D eigenvalue weighted by molar-refractivity contribution is 6.01. The van der Waals surface area contributed by atoms with Crippen LogP contribution in [-0.4, -0.2) is 87.4 Å². The first-order valence-corrected chi connectivity index (χ1v) is 9.70. The SMILES string of the molecule is COCCNc1nc2cc(C(=O)N3C[C@@]4(C(=O)O)C[C@@]4(C(=O)O)C3)ccc2n1C.O=CO. The van der Waals surface area contributed by atoms with Gasteiger partial charge in [-0.05, 0) is 24.6 Å². The highest BCUT2D eigenvalue weighted by Gasteiger charge is 2.81. The third-order valence-corrected chi connectivity index (χ3v) is 6.14. The first-order chi connectivity index (χ1) is 15.2. The predicted octanol–water partition coefficient (Wildman–Crippen LogP) is 0.334. The summed E-state index contributed by atoms with van der Waals surface area (Å²) in [6, 6.07) is 5.06. The molecule has 0 radical (unpaired) electrons. The number of ether oxygens (including phenoxy) is 1. The van der Waals surface area contributed by atoms with Crippen LogP contribution in [0.4, 0.5) is 5.95 Å². The number of rotatable bonds is 7. The number of anilines is 1. The highest BCUT2D eigenvalue weighted by atomic mass is 16.5. The number of methoxy groups -OCH3 is 1. The van der Waals surface area contributed by atoms with Gasteiger partial charge in [-0.15, -0.1) is 0 Å². The van der Waals surface area contributed by atoms with E-state index in [0.29, 0.717) is 30.2 Å². The van der Waals surface area contributed by atoms with Gasteiger partial charge in [0.1, 0.15) is 10.8 Å². The molecule has 0 bridgehead atoms. The molecule has 4 N–H and O–H groups in total. The number of hydrogen-bond donors (Lipinski definition) is 4. The summed E-state index contributed by atoms with van der Waals surface area (Å²) in [6.45, 7) is 0.662. The number of aryl methyl sites for hydroxylation is 1. The Bertz CT molecular complexity index is 1050. The zero-order valence-electron chi connectivity index (χ0n) is 17.6. The van der Waals surface area contributed by atoms with Gasteiger partial charge in [0.2, 0.25) is 5.95 Å². The molecule has 0 spiro atoms. The van der Waals surface area contributed by atoms with Gasteiger partial charge in [-0.3, -0.25) is 19.2 Å². The molecule has 0 unspecified atom stereocenters. The molecule has 2 heterocycles. The average molecular weight is 448 g/mol. The van der Waals surface area contributed by atoms with Crippen LogP contribution in [0.5, 0.6) is 0 Å². The molecule has 4 rings (SSSR count). The molecule has 2 fully saturated rings. The smallest absolute Gasteiger partial charge is 0.312 e. The highest BCUT2D eigenvalue weighted by Crippen LogP contribution is 2.68. The molecule has 2 aromatic rings. The summed E-state index contributed by atoms with van der Waals surface area (Å²) in [5.41, 5.74) is -0.982. The largest absolute Gasteiger partial charge is 0.483 e. The van der Waals surface area contributed by atoms with E-state index >= 15 is 0 Å². The topological polar surface area (TPSA) is 171 Å². The molecule has 1 saturated carbocycles. The van der Waals surface area contributed by atoms with Crippen LogP contribution in [0.15, 0.2) is 18.2 Å². The Labute approximate surface area is 182 Å². The average Bonchev–Trinajstić information content (AvgIpc) is 3.14. The Morgan fingerprint density at radius 1 is 1.22 bits per heavy atom. The van der Waals surface area contributed by atoms with Gasteiger partial charge in [-0.25, -0.2) is 4.98 Å². The Hall–Kier alpha value is -3.67. The van der Waals surface area contributed by atoms with Crippen LogP contribution >= 0.6 is 0 Å². The van der Waals surface area contributed by atoms with Crippen LogP contribution in [0.1, 0.15) is 16.8 Å². The normalized spacial score (nSPS) is 23.1. The summed E-state index contributed by atoms with van der Waals surface area (Å²) < 4.78 is 6.88. The maximum Gasteiger partial charge on any atom is 0.312 e. The van der Waals surface area contributed by atoms with Crippen molar-refractivity contribution in [3.63, 3.8) is 0 Å². The van der Waals surface area contributed by atoms with Crippen LogP contribution in [0.2, 0.25) is 0 Å². The van der Waals surface area contributed by atoms with Gasteiger partial charge in [0.25, 0.3) is 12.4 Å². The molecular formula is C20H24N4O8. The number of piperidine rings is 1. The second kappa shape index (κ2) is 8.46. The Morgan fingerprint density at radius 2 is 1.81 bits per heavy atom. The second-order valence-corrected chi connectivity index (χ2v) is 7.84. The molecule has 32 heavy (non-hydrogen) atoms. The first-order valence-electron chi connectivity index (χ1n) is 9.70. The molecule has 1 amide bonds. The first kappa shape index (κ1) is 23.0. The zero-order chi connectivity index (χ0) is 23.7. The molecule has 2 aliphatic rings. The van der Waals surface area contributed by atoms with E-state index in [-0.39, 0.29) is 31.9 Å². The van der Waals surface area contributed by atoms with Crippen LogP contribution < -0.4 is 5.32 Å². The van der Waals surface area contributed by atoms with E-state index in [1.54, 1.807) is 25.3 Å². The molecule has 12 heteroatoms. The summed E-state index contributed by atoms with van der Waals surface area (Å²) in [7, 11) is 3.47. The summed E-state index contributed by atoms with van der Waals surface area (Å²) in [6.07, 6.45) is 0.0597. The van der Waals surface area contributed by atoms with Crippen LogP contribution in [-0.2, 0) is 26.2 Å². The number of carboxylic acid groups (broad SMARTS) is 3. The van der Waals surface area contributed by atoms with E-state index in [9.17, 15) is 24.6 Å². The van der Waals surface area contributed by atoms with Gasteiger partial charge in [0.05, 0.1) is 17.6 Å². The number of imidazole rings is 1. The number of amides is 1. The number of nitrogens with one attached hydrogen (secondary N) is 1. The van der Waals surface area contributed by atoms with E-state index in [1.807, 2.05) is 11.6 Å². The second-order valence-electron chi connectivity index (χ2n) is 7.84. The van der Waals surface area contributed by atoms with Gasteiger partial charge in [0, 0.05) is 39.4 Å². The number of hydrogen-bond acceptors (Lipinski definition) is 7. The molecule has 1 aromatic heterocycles. The van der Waals surface area contributed by atoms with Gasteiger partial charge in [-0.2, -0.15) is 0 Å². The number of carboxylic acids is 2. The molecule has 1 aliphatic heterocycles. The third kappa shape index (κ3) is 3.51. The number of benzene rings is 1. The fourth-order valence-corrected chi connectivity index (χ4v) is 4.37. The Balaban J connectivity index is 0.000000913. The number of aromatic nitrogens is 2. The van der Waals surface area contributed by atoms with Gasteiger partial charge >= 0.3 is 11.9 Å². The maximum absolute atomic E-state index is 13.0. The van der Waals surface area contributed by atoms with Crippen molar-refractivity contribution in [1.29, 1.82) is 0 Å². The van der Waals surface area contributed by atoms with E-state index in [1.165, 1.54) is 4.90 Å². The Kier molecular flexibility index (Phi) is 6.08. The molecule has 1 saturated heterocycles. The monoisotopic (exact) mass is 448 g/mol. The number of fused-ring (bicyclic) bond motifs is 2. The standard InChI is InChI=1S/C19H22N4O6.CH2O2/c1-22-13-4-3-11(7-12(13)21-17(22)20-5-6-29-2)14(24)23-9-18(15(25)26)8-19(18,10-23)16(27)28;2-1-3/h3-4,7H,5-6,8-10H2,1-2H3,(H,20,21)(H,25,26)(H,27,28);1H,(H,2,3)/t18-,19+;. The third-order valence-electron chi connectivity index (χ3n) is 6.14. The minimum absolute atomic E-state index is 0.0597. The molecule has 172 valence electrons. The lowest BCUT2D eigenvalue weighted by Gasteiger charge is -2.20. The summed E-state index contributed by atoms with van der Waals surface area (Å²) >= 11 is 0. The quantitative estimate of drug-likeness (QED) is 0.342. The van der Waals surface area contributed by atoms with Crippen molar-refractivity contribution in [3.05, 3.63) is 23.8 Å². The van der Waals surface area contributed by atoms with Crippen LogP contribution in [0.3, 0.4) is 0 Å². The lowest BCUT2D eigenvalue weighted by molar-refractivity contribution is -0.151. The molecular weight excluding hydrogens is 424 g/mol. The molecule has 12 nitrogen and oxygen atoms in total. The maximum atomic E-state index is 13.0. The van der Waals surface area contributed by atoms with Crippen molar-refractivity contribution < 1.29 is 39.2 Å². The zero-order valence-corrected chi connectivity index (χ0v) is 17.6. The minimum Gasteiger partial charge on any atom is -0.483 e. The number of likely N-dealkylation sites (tertiary alicyclic amines) is 1. The van der Waals surface area contributed by atoms with Gasteiger partial charge in [-0.1, -0.05) is 0 Å². The fourth-order valence-electron chi connectivity index (χ4n) is 4.37. The Morgan fingerprint density at radius 3 is 2.34 bits per heavy atom. The molecule has 2 atom stereocenters. The van der Waals surface area contributed by atoms with Crippen molar-refractivity contribution in [2.24, 2.45) is 17.9 Å². The van der Waals surface area contributed by atoms with Crippen LogP contribution in [0.25, 0.3) is 11.0 Å². The number of carbonyl (C=O) groups excluding carboxylic acids is 1. The molecule has 1 aromatic carbocycles. The van der Waals surface area contributed by atoms with E-state index < -0.39 is 22.8 Å². The van der Waals surface area contributed by atoms with Crippen molar-refractivity contribution in [2.75, 3.05) is 38.7 Å². The van der Waals surface area contributed by atoms with Gasteiger partial charge in [0.15, 0.2) is 0 Å². The van der Waals surface area contributed by atoms with E-state index in [2.05, 4.69) is 10.3 Å². The number of carbonyl (C=O) groups is 4. The summed E-state index contributed by atoms with van der Waals surface area (Å²) in [5.74, 6) is -2.08. The van der Waals surface area contributed by atoms with Crippen molar-refractivity contribution >= 4 is 41.3 Å². The lowest BCUT2D eigenvalue weighted by atomic mass is 9.97. The van der Waals surface area contributed by atoms with Gasteiger partial charge < -0.3 is 34.8 Å². The number of nitrogens with zero attached hydrogens (tertiary/aromatic N) is 3. The van der Waals surface area contributed by atoms with Crippen molar-refractivity contribution in [1.82, 2.24) is 14.5 Å². The van der Waals surface area contributed by atoms with Crippen LogP contribution in [0, 0.1) is 10.8 Å². The molecule has 1 aliphatic carbocycles. The predicted molar refractivity (Wildman–Crippen MR) is 110 cm³/mol. The summed E-state index contributed by atoms with van der Waals surface area (Å²) in [4.78, 5) is 50.5. The van der Waals surface area contributed by atoms with E-state index in [4.69, 9.17) is 14.6 Å². The number of aliphatic carboxylic acids is 2. The van der Waals surface area contributed by atoms with Crippen molar-refractivity contribution in [2.45, 2.75) is 6.42 Å².